The molecular weight excluding hydrogens is 620 g/mol. The maximum Gasteiger partial charge on any atom is 0.490 e. The molecule has 18 heteroatoms. The lowest BCUT2D eigenvalue weighted by Gasteiger charge is -2.30. The van der Waals surface area contributed by atoms with Crippen LogP contribution in [0.4, 0.5) is 23.7 Å². The lowest BCUT2D eigenvalue weighted by atomic mass is 10.0. The summed E-state index contributed by atoms with van der Waals surface area (Å²) in [5.41, 5.74) is 29.6. The van der Waals surface area contributed by atoms with Crippen LogP contribution in [0.15, 0.2) is 41.4 Å². The zero-order chi connectivity index (χ0) is 32.9. The van der Waals surface area contributed by atoms with Crippen LogP contribution in [0, 0.1) is 0 Å². The number of carboxylic acid groups (broad SMARTS) is 1. The van der Waals surface area contributed by atoms with Gasteiger partial charge in [0.25, 0.3) is 0 Å². The lowest BCUT2D eigenvalue weighted by molar-refractivity contribution is -0.192. The number of rotatable bonds is 12. The Labute approximate surface area is 254 Å². The van der Waals surface area contributed by atoms with Crippen LogP contribution in [0.1, 0.15) is 29.5 Å². The average molecular weight is 651 g/mol. The first-order valence-electron chi connectivity index (χ1n) is 12.2. The molecule has 2 aromatic carbocycles. The Bertz CT molecular complexity index is 1300. The van der Waals surface area contributed by atoms with Crippen LogP contribution >= 0.6 is 23.2 Å². The average Bonchev–Trinajstić information content (AvgIpc) is 2.89. The molecule has 13 nitrogen and oxygen atoms in total. The SMILES string of the molecule is NC(=O)NCc1ccc(CN(C(=O)Cc2cc(Cl)c(N)c(Cl)c2)[C@H](CCCN=C(N)N)C(N)=O)cc1.O=C(O)C(F)(F)F. The van der Waals surface area contributed by atoms with Crippen LogP contribution < -0.4 is 34.0 Å². The molecule has 236 valence electrons. The van der Waals surface area contributed by atoms with Crippen molar-refractivity contribution in [1.82, 2.24) is 10.2 Å². The molecule has 0 spiro atoms. The van der Waals surface area contributed by atoms with Crippen molar-refractivity contribution in [2.24, 2.45) is 27.9 Å². The molecule has 0 radical (unpaired) electrons. The zero-order valence-electron chi connectivity index (χ0n) is 22.5. The number of nitrogens with two attached hydrogens (primary N) is 5. The van der Waals surface area contributed by atoms with E-state index in [0.717, 1.165) is 11.1 Å². The molecule has 0 aromatic heterocycles. The summed E-state index contributed by atoms with van der Waals surface area (Å²) < 4.78 is 31.7. The largest absolute Gasteiger partial charge is 0.490 e. The van der Waals surface area contributed by atoms with E-state index in [9.17, 15) is 27.6 Å². The van der Waals surface area contributed by atoms with Crippen molar-refractivity contribution >= 4 is 58.7 Å². The highest BCUT2D eigenvalue weighted by atomic mass is 35.5. The van der Waals surface area contributed by atoms with Gasteiger partial charge in [0.05, 0.1) is 22.2 Å². The van der Waals surface area contributed by atoms with Gasteiger partial charge in [0.2, 0.25) is 11.8 Å². The summed E-state index contributed by atoms with van der Waals surface area (Å²) in [6.07, 6.45) is -4.49. The highest BCUT2D eigenvalue weighted by molar-refractivity contribution is 6.38. The predicted octanol–water partition coefficient (Wildman–Crippen LogP) is 1.86. The number of carbonyl (C=O) groups is 4. The third-order valence-electron chi connectivity index (χ3n) is 5.53. The predicted molar refractivity (Wildman–Crippen MR) is 155 cm³/mol. The van der Waals surface area contributed by atoms with Crippen LogP contribution in [-0.2, 0) is 33.9 Å². The Balaban J connectivity index is 0.00000117. The molecule has 0 aliphatic carbocycles. The van der Waals surface area contributed by atoms with E-state index in [0.29, 0.717) is 12.0 Å². The number of primary amides is 2. The lowest BCUT2D eigenvalue weighted by Crippen LogP contribution is -2.48. The van der Waals surface area contributed by atoms with Crippen molar-refractivity contribution in [3.8, 4) is 0 Å². The van der Waals surface area contributed by atoms with Crippen LogP contribution in [0.3, 0.4) is 0 Å². The number of aliphatic carboxylic acids is 1. The summed E-state index contributed by atoms with van der Waals surface area (Å²) in [4.78, 5) is 51.0. The van der Waals surface area contributed by atoms with E-state index in [4.69, 9.17) is 61.8 Å². The van der Waals surface area contributed by atoms with Gasteiger partial charge >= 0.3 is 18.2 Å². The van der Waals surface area contributed by atoms with Crippen molar-refractivity contribution in [3.05, 3.63) is 63.1 Å². The number of nitrogens with zero attached hydrogens (tertiary/aromatic N) is 2. The van der Waals surface area contributed by atoms with E-state index in [1.807, 2.05) is 0 Å². The van der Waals surface area contributed by atoms with E-state index >= 15 is 0 Å². The van der Waals surface area contributed by atoms with Gasteiger partial charge in [0, 0.05) is 19.6 Å². The van der Waals surface area contributed by atoms with Crippen molar-refractivity contribution in [3.63, 3.8) is 0 Å². The number of alkyl halides is 3. The van der Waals surface area contributed by atoms with E-state index in [1.165, 1.54) is 4.90 Å². The molecule has 0 bridgehead atoms. The Morgan fingerprint density at radius 1 is 0.953 bits per heavy atom. The number of carboxylic acids is 1. The van der Waals surface area contributed by atoms with Gasteiger partial charge in [-0.05, 0) is 41.7 Å². The number of aliphatic imine (C=N–C) groups is 1. The highest BCUT2D eigenvalue weighted by Crippen LogP contribution is 2.29. The number of hydrogen-bond donors (Lipinski definition) is 7. The minimum Gasteiger partial charge on any atom is -0.475 e. The Morgan fingerprint density at radius 3 is 1.91 bits per heavy atom. The molecule has 0 fully saturated rings. The topological polar surface area (TPSA) is 246 Å². The molecule has 43 heavy (non-hydrogen) atoms. The zero-order valence-corrected chi connectivity index (χ0v) is 24.0. The third kappa shape index (κ3) is 13.4. The van der Waals surface area contributed by atoms with Crippen LogP contribution in [0.25, 0.3) is 0 Å². The van der Waals surface area contributed by atoms with Crippen molar-refractivity contribution in [2.45, 2.75) is 44.6 Å². The Hall–Kier alpha value is -4.44. The van der Waals surface area contributed by atoms with Crippen LogP contribution in [0.5, 0.6) is 0 Å². The van der Waals surface area contributed by atoms with E-state index in [1.54, 1.807) is 36.4 Å². The molecule has 12 N–H and O–H groups in total. The minimum atomic E-state index is -5.08. The fourth-order valence-corrected chi connectivity index (χ4v) is 4.01. The molecule has 0 heterocycles. The number of nitrogen functional groups attached to an aromatic ring is 1. The number of amides is 4. The van der Waals surface area contributed by atoms with Gasteiger partial charge in [0.1, 0.15) is 6.04 Å². The minimum absolute atomic E-state index is 0.0680. The van der Waals surface area contributed by atoms with Crippen molar-refractivity contribution in [2.75, 3.05) is 12.3 Å². The fourth-order valence-electron chi connectivity index (χ4n) is 3.48. The van der Waals surface area contributed by atoms with Crippen LogP contribution in [0.2, 0.25) is 10.0 Å². The monoisotopic (exact) mass is 650 g/mol. The molecule has 0 aliphatic rings. The second-order valence-electron chi connectivity index (χ2n) is 8.88. The molecule has 0 saturated heterocycles. The number of benzene rings is 2. The number of anilines is 1. The van der Waals surface area contributed by atoms with Crippen molar-refractivity contribution in [1.29, 1.82) is 0 Å². The number of carbonyl (C=O) groups excluding carboxylic acids is 3. The second kappa shape index (κ2) is 16.9. The second-order valence-corrected chi connectivity index (χ2v) is 9.69. The van der Waals surface area contributed by atoms with Gasteiger partial charge in [-0.25, -0.2) is 9.59 Å². The van der Waals surface area contributed by atoms with E-state index < -0.39 is 30.1 Å². The number of urea groups is 1. The van der Waals surface area contributed by atoms with Crippen molar-refractivity contribution < 1.29 is 37.5 Å². The number of nitrogens with one attached hydrogen (secondary N) is 1. The van der Waals surface area contributed by atoms with Crippen LogP contribution in [-0.4, -0.2) is 58.5 Å². The van der Waals surface area contributed by atoms with Gasteiger partial charge < -0.3 is 44.0 Å². The molecule has 1 atom stereocenters. The first-order chi connectivity index (χ1) is 19.9. The highest BCUT2D eigenvalue weighted by Gasteiger charge is 2.38. The maximum atomic E-state index is 13.4. The molecule has 2 rings (SSSR count). The quantitative estimate of drug-likeness (QED) is 0.0771. The van der Waals surface area contributed by atoms with E-state index in [2.05, 4.69) is 10.3 Å². The smallest absolute Gasteiger partial charge is 0.475 e. The van der Waals surface area contributed by atoms with Gasteiger partial charge in [0.15, 0.2) is 5.96 Å². The summed E-state index contributed by atoms with van der Waals surface area (Å²) in [7, 11) is 0. The van der Waals surface area contributed by atoms with E-state index in [-0.39, 0.29) is 60.1 Å². The van der Waals surface area contributed by atoms with Gasteiger partial charge in [-0.2, -0.15) is 13.2 Å². The first kappa shape index (κ1) is 36.6. The Morgan fingerprint density at radius 2 is 1.47 bits per heavy atom. The molecule has 4 amide bonds. The summed E-state index contributed by atoms with van der Waals surface area (Å²) in [6.45, 7) is 0.638. The van der Waals surface area contributed by atoms with Gasteiger partial charge in [-0.3, -0.25) is 14.6 Å². The maximum absolute atomic E-state index is 13.4. The standard InChI is InChI=1S/C23H30Cl2N8O3.C2HF3O2/c24-16-8-15(9-17(25)20(16)26)10-19(34)33(18(21(27)35)2-1-7-31-22(28)29)12-14-5-3-13(4-6-14)11-32-23(30)36;3-2(4,5)1(6)7/h3-6,8-9,18H,1-2,7,10-12,26H2,(H2,27,35)(H4,28,29,31)(H3,30,32,36);(H,6,7)/t18-;/m1./s1. The Kier molecular flexibility index (Phi) is 14.3. The summed E-state index contributed by atoms with van der Waals surface area (Å²) >= 11 is 12.2. The number of hydrogen-bond acceptors (Lipinski definition) is 6. The fraction of sp³-hybridized carbons (Fsp3) is 0.320. The number of halogens is 5. The summed E-state index contributed by atoms with van der Waals surface area (Å²) in [6, 6.07) is 8.69. The molecule has 2 aromatic rings. The summed E-state index contributed by atoms with van der Waals surface area (Å²) in [5.74, 6) is -3.85. The first-order valence-corrected chi connectivity index (χ1v) is 13.0. The number of guanidine groups is 1. The van der Waals surface area contributed by atoms with Gasteiger partial charge in [-0.15, -0.1) is 0 Å². The molecule has 0 unspecified atom stereocenters. The summed E-state index contributed by atoms with van der Waals surface area (Å²) in [5, 5.41) is 10.1. The molecule has 0 aliphatic heterocycles. The molecular formula is C25H31Cl2F3N8O5. The third-order valence-corrected chi connectivity index (χ3v) is 6.16. The van der Waals surface area contributed by atoms with Gasteiger partial charge in [-0.1, -0.05) is 47.5 Å². The normalized spacial score (nSPS) is 11.4. The molecule has 0 saturated carbocycles.